The summed E-state index contributed by atoms with van der Waals surface area (Å²) in [5.41, 5.74) is 2.07. The molecule has 34 heavy (non-hydrogen) atoms. The Morgan fingerprint density at radius 3 is 2.56 bits per heavy atom. The highest BCUT2D eigenvalue weighted by Crippen LogP contribution is 2.53. The fraction of sp³-hybridized carbons (Fsp3) is 0.308. The number of aromatic hydroxyl groups is 2. The van der Waals surface area contributed by atoms with Gasteiger partial charge < -0.3 is 15.2 Å². The third kappa shape index (κ3) is 2.98. The molecule has 0 radical (unpaired) electrons. The Balaban J connectivity index is 1.67. The number of nitrogens with zero attached hydrogens (tertiary/aromatic N) is 1. The van der Waals surface area contributed by atoms with Crippen LogP contribution < -0.4 is 5.32 Å². The number of rotatable bonds is 2. The number of imidazole rings is 1. The highest BCUT2D eigenvalue weighted by atomic mass is 16.3. The van der Waals surface area contributed by atoms with Gasteiger partial charge in [0.1, 0.15) is 11.5 Å². The fourth-order valence-electron chi connectivity index (χ4n) is 5.67. The molecule has 0 spiro atoms. The Bertz CT molecular complexity index is 1420. The van der Waals surface area contributed by atoms with Crippen LogP contribution in [0.25, 0.3) is 0 Å². The summed E-state index contributed by atoms with van der Waals surface area (Å²) >= 11 is 0. The highest BCUT2D eigenvalue weighted by Gasteiger charge is 2.44. The molecule has 0 aliphatic heterocycles. The molecule has 2 aliphatic carbocycles. The van der Waals surface area contributed by atoms with Crippen LogP contribution in [0.1, 0.15) is 87.3 Å². The first kappa shape index (κ1) is 21.9. The van der Waals surface area contributed by atoms with E-state index in [1.54, 1.807) is 31.3 Å². The Hall–Kier alpha value is -3.94. The van der Waals surface area contributed by atoms with Crippen LogP contribution in [0.5, 0.6) is 11.5 Å². The summed E-state index contributed by atoms with van der Waals surface area (Å²) in [6, 6.07) is 5.02. The van der Waals surface area contributed by atoms with Crippen LogP contribution in [0.2, 0.25) is 0 Å². The van der Waals surface area contributed by atoms with Crippen LogP contribution in [0.15, 0.2) is 24.4 Å². The Morgan fingerprint density at radius 2 is 1.85 bits per heavy atom. The van der Waals surface area contributed by atoms with Crippen LogP contribution in [0.4, 0.5) is 5.95 Å². The largest absolute Gasteiger partial charge is 0.507 e. The average molecular weight is 460 g/mol. The van der Waals surface area contributed by atoms with Crippen molar-refractivity contribution in [3.63, 3.8) is 0 Å². The number of nitrogens with one attached hydrogen (secondary N) is 2. The molecule has 8 nitrogen and oxygen atoms in total. The molecule has 1 amide bonds. The van der Waals surface area contributed by atoms with E-state index in [0.29, 0.717) is 35.5 Å². The number of fused-ring (bicyclic) bond motifs is 3. The zero-order valence-electron chi connectivity index (χ0n) is 19.4. The lowest BCUT2D eigenvalue weighted by Gasteiger charge is -2.39. The molecule has 1 heterocycles. The second kappa shape index (κ2) is 7.28. The number of H-pyrrole nitrogens is 1. The topological polar surface area (TPSA) is 132 Å². The van der Waals surface area contributed by atoms with E-state index >= 15 is 0 Å². The van der Waals surface area contributed by atoms with Crippen molar-refractivity contribution in [1.82, 2.24) is 9.97 Å². The molecule has 0 bridgehead atoms. The molecule has 3 aromatic rings. The van der Waals surface area contributed by atoms with Crippen molar-refractivity contribution in [3.8, 4) is 11.5 Å². The van der Waals surface area contributed by atoms with Gasteiger partial charge in [0.25, 0.3) is 0 Å². The zero-order chi connectivity index (χ0) is 24.5. The molecule has 2 aromatic carbocycles. The Labute approximate surface area is 196 Å². The van der Waals surface area contributed by atoms with Gasteiger partial charge in [-0.3, -0.25) is 19.7 Å². The van der Waals surface area contributed by atoms with E-state index in [9.17, 15) is 24.6 Å². The zero-order valence-corrected chi connectivity index (χ0v) is 19.4. The third-order valence-corrected chi connectivity index (χ3v) is 7.13. The molecule has 2 unspecified atom stereocenters. The van der Waals surface area contributed by atoms with Crippen LogP contribution in [-0.2, 0) is 16.6 Å². The van der Waals surface area contributed by atoms with Crippen LogP contribution in [0.3, 0.4) is 0 Å². The summed E-state index contributed by atoms with van der Waals surface area (Å²) < 4.78 is 0. The maximum Gasteiger partial charge on any atom is 0.223 e. The van der Waals surface area contributed by atoms with Gasteiger partial charge in [-0.2, -0.15) is 0 Å². The molecule has 4 N–H and O–H groups in total. The average Bonchev–Trinajstić information content (AvgIpc) is 3.22. The minimum atomic E-state index is -0.523. The van der Waals surface area contributed by atoms with Crippen molar-refractivity contribution >= 4 is 23.4 Å². The summed E-state index contributed by atoms with van der Waals surface area (Å²) in [5.74, 6) is -1.56. The second-order valence-electron chi connectivity index (χ2n) is 9.66. The number of hydrogen-bond acceptors (Lipinski definition) is 6. The fourth-order valence-corrected chi connectivity index (χ4v) is 5.67. The number of phenolic OH excluding ortho intramolecular Hbond substituents is 2. The lowest BCUT2D eigenvalue weighted by atomic mass is 9.65. The predicted molar refractivity (Wildman–Crippen MR) is 125 cm³/mol. The van der Waals surface area contributed by atoms with E-state index in [0.717, 1.165) is 5.69 Å². The molecule has 5 rings (SSSR count). The van der Waals surface area contributed by atoms with E-state index < -0.39 is 17.0 Å². The quantitative estimate of drug-likeness (QED) is 0.337. The van der Waals surface area contributed by atoms with Gasteiger partial charge in [0.15, 0.2) is 11.6 Å². The monoisotopic (exact) mass is 459 g/mol. The number of ketones is 2. The Kier molecular flexibility index (Phi) is 4.69. The number of hydrogen-bond donors (Lipinski definition) is 4. The van der Waals surface area contributed by atoms with E-state index in [4.69, 9.17) is 0 Å². The molecule has 1 aromatic heterocycles. The molecule has 0 saturated carbocycles. The van der Waals surface area contributed by atoms with Crippen LogP contribution in [0, 0.1) is 6.92 Å². The molecule has 0 saturated heterocycles. The molecule has 2 atom stereocenters. The number of benzene rings is 2. The van der Waals surface area contributed by atoms with Crippen molar-refractivity contribution in [1.29, 1.82) is 0 Å². The summed E-state index contributed by atoms with van der Waals surface area (Å²) in [7, 11) is 0. The van der Waals surface area contributed by atoms with E-state index in [-0.39, 0.29) is 45.6 Å². The van der Waals surface area contributed by atoms with E-state index in [1.165, 1.54) is 6.92 Å². The Morgan fingerprint density at radius 1 is 1.15 bits per heavy atom. The maximum absolute atomic E-state index is 13.4. The van der Waals surface area contributed by atoms with Gasteiger partial charge in [-0.1, -0.05) is 32.0 Å². The number of anilines is 1. The van der Waals surface area contributed by atoms with Crippen molar-refractivity contribution in [2.75, 3.05) is 5.32 Å². The summed E-state index contributed by atoms with van der Waals surface area (Å²) in [6.45, 7) is 7.06. The SMILES string of the molecule is CC(=O)Nc1ncc(C2(C)Cc3c(O)c4c(c(O)c3C(C)C2)C(=O)c2c(C)cccc2C4=O)[nH]1. The van der Waals surface area contributed by atoms with Gasteiger partial charge in [-0.15, -0.1) is 0 Å². The van der Waals surface area contributed by atoms with Gasteiger partial charge in [0, 0.05) is 40.3 Å². The number of phenols is 2. The van der Waals surface area contributed by atoms with Crippen molar-refractivity contribution in [2.45, 2.75) is 51.9 Å². The summed E-state index contributed by atoms with van der Waals surface area (Å²) in [6.07, 6.45) is 2.54. The number of aromatic nitrogens is 2. The minimum Gasteiger partial charge on any atom is -0.507 e. The smallest absolute Gasteiger partial charge is 0.223 e. The standard InChI is InChI=1S/C26H25N3O5/c1-11-6-5-7-14-17(11)23(33)20-19(21(14)31)22(32)15-9-26(4,8-12(2)18(15)24(20)34)16-10-27-25(29-16)28-13(3)30/h5-7,10,12,32,34H,8-9H2,1-4H3,(H2,27,28,29,30). The van der Waals surface area contributed by atoms with Crippen molar-refractivity contribution < 1.29 is 24.6 Å². The van der Waals surface area contributed by atoms with Crippen LogP contribution >= 0.6 is 0 Å². The number of carbonyl (C=O) groups is 3. The molecule has 8 heteroatoms. The lowest BCUT2D eigenvalue weighted by molar-refractivity contribution is -0.114. The van der Waals surface area contributed by atoms with E-state index in [2.05, 4.69) is 15.3 Å². The number of aryl methyl sites for hydroxylation is 1. The van der Waals surface area contributed by atoms with E-state index in [1.807, 2.05) is 13.8 Å². The summed E-state index contributed by atoms with van der Waals surface area (Å²) in [5, 5.41) is 25.2. The first-order valence-electron chi connectivity index (χ1n) is 11.2. The van der Waals surface area contributed by atoms with Crippen molar-refractivity contribution in [2.24, 2.45) is 0 Å². The normalized spacial score (nSPS) is 21.0. The third-order valence-electron chi connectivity index (χ3n) is 7.13. The lowest BCUT2D eigenvalue weighted by Crippen LogP contribution is -2.34. The van der Waals surface area contributed by atoms with Gasteiger partial charge in [-0.25, -0.2) is 4.98 Å². The number of aromatic amines is 1. The van der Waals surface area contributed by atoms with Crippen molar-refractivity contribution in [3.05, 3.63) is 69.0 Å². The molecule has 0 fully saturated rings. The molecular weight excluding hydrogens is 434 g/mol. The molecule has 2 aliphatic rings. The first-order valence-corrected chi connectivity index (χ1v) is 11.2. The van der Waals surface area contributed by atoms with Gasteiger partial charge in [-0.05, 0) is 31.2 Å². The van der Waals surface area contributed by atoms with Crippen LogP contribution in [-0.4, -0.2) is 37.7 Å². The molecule has 174 valence electrons. The number of carbonyl (C=O) groups excluding carboxylic acids is 3. The van der Waals surface area contributed by atoms with Gasteiger partial charge in [0.05, 0.1) is 17.3 Å². The van der Waals surface area contributed by atoms with Gasteiger partial charge >= 0.3 is 0 Å². The first-order chi connectivity index (χ1) is 16.0. The predicted octanol–water partition coefficient (Wildman–Crippen LogP) is 3.87. The maximum atomic E-state index is 13.4. The highest BCUT2D eigenvalue weighted by molar-refractivity contribution is 6.31. The molecular formula is C26H25N3O5. The second-order valence-corrected chi connectivity index (χ2v) is 9.66. The number of amides is 1. The summed E-state index contributed by atoms with van der Waals surface area (Å²) in [4.78, 5) is 45.6. The minimum absolute atomic E-state index is 0.118. The van der Waals surface area contributed by atoms with Gasteiger partial charge in [0.2, 0.25) is 11.9 Å².